The number of fused-ring (bicyclic) bond motifs is 1. The predicted octanol–water partition coefficient (Wildman–Crippen LogP) is 3.59. The van der Waals surface area contributed by atoms with Crippen molar-refractivity contribution in [3.05, 3.63) is 76.1 Å². The molecule has 0 saturated carbocycles. The molecule has 27 heavy (non-hydrogen) atoms. The van der Waals surface area contributed by atoms with Crippen LogP contribution in [-0.4, -0.2) is 13.4 Å². The zero-order chi connectivity index (χ0) is 19.8. The van der Waals surface area contributed by atoms with E-state index in [9.17, 15) is 26.4 Å². The molecule has 9 heteroatoms. The van der Waals surface area contributed by atoms with E-state index in [1.165, 1.54) is 0 Å². The monoisotopic (exact) mass is 396 g/mol. The summed E-state index contributed by atoms with van der Waals surface area (Å²) in [6, 6.07) is 11.8. The van der Waals surface area contributed by atoms with Crippen molar-refractivity contribution in [1.29, 1.82) is 0 Å². The van der Waals surface area contributed by atoms with Gasteiger partial charge in [0.1, 0.15) is 0 Å². The number of nitrogens with one attached hydrogen (secondary N) is 2. The van der Waals surface area contributed by atoms with Gasteiger partial charge in [-0.2, -0.15) is 13.2 Å². The summed E-state index contributed by atoms with van der Waals surface area (Å²) in [5, 5.41) is -0.391. The second-order valence-electron chi connectivity index (χ2n) is 6.01. The summed E-state index contributed by atoms with van der Waals surface area (Å²) >= 11 is 0. The number of halogens is 3. The van der Waals surface area contributed by atoms with Crippen LogP contribution in [0.5, 0.6) is 0 Å². The fourth-order valence-corrected chi connectivity index (χ4v) is 4.00. The molecule has 2 N–H and O–H groups in total. The van der Waals surface area contributed by atoms with Gasteiger partial charge >= 0.3 is 6.18 Å². The lowest BCUT2D eigenvalue weighted by Crippen LogP contribution is -2.27. The van der Waals surface area contributed by atoms with Gasteiger partial charge in [0, 0.05) is 23.0 Å². The van der Waals surface area contributed by atoms with Crippen molar-refractivity contribution in [2.24, 2.45) is 0 Å². The first-order valence-electron chi connectivity index (χ1n) is 7.89. The molecule has 1 heterocycles. The molecular formula is C18H15F3N2O3S. The molecule has 0 aliphatic heterocycles. The Morgan fingerprint density at radius 3 is 2.33 bits per heavy atom. The SMILES string of the molecule is C[C@@H](NS(=O)(=O)c1ccc2[nH]c(=O)cc(C(F)(F)F)c2c1)c1ccccc1. The Hall–Kier alpha value is -2.65. The molecule has 3 aromatic rings. The van der Waals surface area contributed by atoms with Crippen LogP contribution in [0.2, 0.25) is 0 Å². The fraction of sp³-hybridized carbons (Fsp3) is 0.167. The molecule has 0 aliphatic rings. The third-order valence-electron chi connectivity index (χ3n) is 4.06. The maximum atomic E-state index is 13.2. The molecule has 0 saturated heterocycles. The lowest BCUT2D eigenvalue weighted by molar-refractivity contribution is -0.136. The quantitative estimate of drug-likeness (QED) is 0.707. The van der Waals surface area contributed by atoms with E-state index in [1.807, 2.05) is 0 Å². The van der Waals surface area contributed by atoms with Crippen LogP contribution in [-0.2, 0) is 16.2 Å². The molecule has 5 nitrogen and oxygen atoms in total. The van der Waals surface area contributed by atoms with Gasteiger partial charge in [0.05, 0.1) is 10.5 Å². The molecule has 142 valence electrons. The second-order valence-corrected chi connectivity index (χ2v) is 7.72. The normalized spacial score (nSPS) is 13.6. The molecule has 0 amide bonds. The average Bonchev–Trinajstić information content (AvgIpc) is 2.60. The number of alkyl halides is 3. The Morgan fingerprint density at radius 1 is 1.04 bits per heavy atom. The van der Waals surface area contributed by atoms with E-state index >= 15 is 0 Å². The van der Waals surface area contributed by atoms with Gasteiger partial charge in [-0.25, -0.2) is 13.1 Å². The van der Waals surface area contributed by atoms with Crippen LogP contribution in [0.1, 0.15) is 24.1 Å². The molecule has 1 aromatic heterocycles. The van der Waals surface area contributed by atoms with Crippen LogP contribution in [0.3, 0.4) is 0 Å². The van der Waals surface area contributed by atoms with E-state index in [4.69, 9.17) is 0 Å². The number of aromatic amines is 1. The van der Waals surface area contributed by atoms with Crippen LogP contribution in [0.25, 0.3) is 10.9 Å². The van der Waals surface area contributed by atoms with Crippen molar-refractivity contribution in [3.8, 4) is 0 Å². The van der Waals surface area contributed by atoms with E-state index < -0.39 is 38.8 Å². The molecule has 3 rings (SSSR count). The lowest BCUT2D eigenvalue weighted by Gasteiger charge is -2.16. The molecule has 1 atom stereocenters. The van der Waals surface area contributed by atoms with Crippen molar-refractivity contribution in [2.45, 2.75) is 24.0 Å². The maximum Gasteiger partial charge on any atom is 0.417 e. The highest BCUT2D eigenvalue weighted by Crippen LogP contribution is 2.34. The number of pyridine rings is 1. The Bertz CT molecular complexity index is 1140. The van der Waals surface area contributed by atoms with E-state index in [1.54, 1.807) is 37.3 Å². The van der Waals surface area contributed by atoms with Crippen molar-refractivity contribution in [2.75, 3.05) is 0 Å². The first-order valence-corrected chi connectivity index (χ1v) is 9.38. The highest BCUT2D eigenvalue weighted by Gasteiger charge is 2.33. The zero-order valence-electron chi connectivity index (χ0n) is 14.0. The van der Waals surface area contributed by atoms with Crippen molar-refractivity contribution in [3.63, 3.8) is 0 Å². The minimum atomic E-state index is -4.79. The Labute approximate surface area is 152 Å². The van der Waals surface area contributed by atoms with Crippen LogP contribution < -0.4 is 10.3 Å². The van der Waals surface area contributed by atoms with Gasteiger partial charge in [0.25, 0.3) is 0 Å². The minimum absolute atomic E-state index is 0.0927. The summed E-state index contributed by atoms with van der Waals surface area (Å²) < 4.78 is 67.4. The smallest absolute Gasteiger partial charge is 0.322 e. The summed E-state index contributed by atoms with van der Waals surface area (Å²) in [6.45, 7) is 1.63. The Morgan fingerprint density at radius 2 is 1.70 bits per heavy atom. The van der Waals surface area contributed by atoms with E-state index in [0.717, 1.165) is 18.2 Å². The minimum Gasteiger partial charge on any atom is -0.322 e. The summed E-state index contributed by atoms with van der Waals surface area (Å²) in [6.07, 6.45) is -4.79. The summed E-state index contributed by atoms with van der Waals surface area (Å²) in [5.41, 5.74) is -1.48. The summed E-state index contributed by atoms with van der Waals surface area (Å²) in [5.74, 6) is 0. The molecule has 0 aliphatic carbocycles. The van der Waals surface area contributed by atoms with Gasteiger partial charge in [-0.3, -0.25) is 4.79 Å². The molecule has 2 aromatic carbocycles. The third-order valence-corrected chi connectivity index (χ3v) is 5.60. The first kappa shape index (κ1) is 19.1. The largest absolute Gasteiger partial charge is 0.417 e. The van der Waals surface area contributed by atoms with Crippen molar-refractivity contribution >= 4 is 20.9 Å². The van der Waals surface area contributed by atoms with Crippen LogP contribution in [0.15, 0.2) is 64.3 Å². The molecule has 0 radical (unpaired) electrons. The van der Waals surface area contributed by atoms with Crippen LogP contribution in [0.4, 0.5) is 13.2 Å². The number of hydrogen-bond donors (Lipinski definition) is 2. The van der Waals surface area contributed by atoms with Gasteiger partial charge in [-0.1, -0.05) is 30.3 Å². The lowest BCUT2D eigenvalue weighted by atomic mass is 10.1. The number of hydrogen-bond acceptors (Lipinski definition) is 3. The van der Waals surface area contributed by atoms with Crippen LogP contribution in [0, 0.1) is 0 Å². The topological polar surface area (TPSA) is 79.0 Å². The van der Waals surface area contributed by atoms with Gasteiger partial charge in [0.2, 0.25) is 15.6 Å². The van der Waals surface area contributed by atoms with Gasteiger partial charge in [0.15, 0.2) is 0 Å². The standard InChI is InChI=1S/C18H15F3N2O3S/c1-11(12-5-3-2-4-6-12)23-27(25,26)13-7-8-16-14(9-13)15(18(19,20)21)10-17(24)22-16/h2-11,23H,1H3,(H,22,24)/t11-/m1/s1. The molecule has 0 bridgehead atoms. The molecule has 0 unspecified atom stereocenters. The van der Waals surface area contributed by atoms with E-state index in [2.05, 4.69) is 9.71 Å². The number of benzene rings is 2. The van der Waals surface area contributed by atoms with Crippen molar-refractivity contribution in [1.82, 2.24) is 9.71 Å². The highest BCUT2D eigenvalue weighted by molar-refractivity contribution is 7.89. The van der Waals surface area contributed by atoms with Gasteiger partial charge in [-0.05, 0) is 30.7 Å². The van der Waals surface area contributed by atoms with Gasteiger partial charge in [-0.15, -0.1) is 0 Å². The predicted molar refractivity (Wildman–Crippen MR) is 94.7 cm³/mol. The third kappa shape index (κ3) is 4.04. The molecule has 0 spiro atoms. The Kier molecular flexibility index (Phi) is 4.83. The molecule has 0 fully saturated rings. The fourth-order valence-electron chi connectivity index (χ4n) is 2.75. The maximum absolute atomic E-state index is 13.2. The van der Waals surface area contributed by atoms with E-state index in [0.29, 0.717) is 11.6 Å². The number of rotatable bonds is 4. The Balaban J connectivity index is 2.06. The summed E-state index contributed by atoms with van der Waals surface area (Å²) in [4.78, 5) is 13.4. The zero-order valence-corrected chi connectivity index (χ0v) is 14.9. The van der Waals surface area contributed by atoms with E-state index in [-0.39, 0.29) is 10.4 Å². The highest BCUT2D eigenvalue weighted by atomic mass is 32.2. The number of H-pyrrole nitrogens is 1. The number of sulfonamides is 1. The average molecular weight is 396 g/mol. The molecular weight excluding hydrogens is 381 g/mol. The second kappa shape index (κ2) is 6.82. The van der Waals surface area contributed by atoms with Gasteiger partial charge < -0.3 is 4.98 Å². The van der Waals surface area contributed by atoms with Crippen molar-refractivity contribution < 1.29 is 21.6 Å². The first-order chi connectivity index (χ1) is 12.6. The summed E-state index contributed by atoms with van der Waals surface area (Å²) in [7, 11) is -4.08. The van der Waals surface area contributed by atoms with Crippen LogP contribution >= 0.6 is 0 Å². The number of aromatic nitrogens is 1.